The van der Waals surface area contributed by atoms with Crippen LogP contribution in [0.3, 0.4) is 0 Å². The molecule has 0 fully saturated rings. The molecule has 1 atom stereocenters. The number of allylic oxidation sites excluding steroid dienone is 3. The predicted molar refractivity (Wildman–Crippen MR) is 161 cm³/mol. The number of carbonyl (C=O) groups is 1. The van der Waals surface area contributed by atoms with E-state index >= 15 is 0 Å². The topological polar surface area (TPSA) is 70.1 Å². The molecule has 39 heavy (non-hydrogen) atoms. The molecule has 3 aromatic carbocycles. The van der Waals surface area contributed by atoms with E-state index in [9.17, 15) is 10.1 Å². The van der Waals surface area contributed by atoms with Crippen LogP contribution in [0.4, 0.5) is 5.69 Å². The van der Waals surface area contributed by atoms with Crippen molar-refractivity contribution >= 4 is 23.2 Å². The average Bonchev–Trinajstić information content (AvgIpc) is 2.94. The fourth-order valence-corrected chi connectivity index (χ4v) is 7.00. The lowest BCUT2D eigenvalue weighted by atomic mass is 9.74. The van der Waals surface area contributed by atoms with Crippen LogP contribution in [0.5, 0.6) is 0 Å². The molecule has 0 radical (unpaired) electrons. The maximum absolute atomic E-state index is 13.6. The van der Waals surface area contributed by atoms with Gasteiger partial charge in [0.15, 0.2) is 5.78 Å². The SMILES string of the molecule is CCc1ccccc1N1C(N)=C(C#N)C(c2cc(CSCc3ccccc3)c(C)cc2C)C2=C1CCCC2=O. The summed E-state index contributed by atoms with van der Waals surface area (Å²) in [6, 6.07) is 25.5. The van der Waals surface area contributed by atoms with Crippen molar-refractivity contribution in [3.8, 4) is 6.07 Å². The zero-order valence-electron chi connectivity index (χ0n) is 23.0. The van der Waals surface area contributed by atoms with E-state index in [1.54, 1.807) is 0 Å². The number of thioether (sulfide) groups is 1. The van der Waals surface area contributed by atoms with Gasteiger partial charge < -0.3 is 5.73 Å². The maximum atomic E-state index is 13.6. The van der Waals surface area contributed by atoms with E-state index in [2.05, 4.69) is 69.3 Å². The van der Waals surface area contributed by atoms with Gasteiger partial charge in [-0.1, -0.05) is 67.6 Å². The minimum atomic E-state index is -0.443. The summed E-state index contributed by atoms with van der Waals surface area (Å²) in [4.78, 5) is 15.6. The highest BCUT2D eigenvalue weighted by Gasteiger charge is 2.41. The van der Waals surface area contributed by atoms with Crippen molar-refractivity contribution in [2.45, 2.75) is 63.9 Å². The summed E-state index contributed by atoms with van der Waals surface area (Å²) in [5, 5.41) is 10.5. The van der Waals surface area contributed by atoms with E-state index in [0.29, 0.717) is 17.8 Å². The van der Waals surface area contributed by atoms with Gasteiger partial charge in [-0.25, -0.2) is 0 Å². The van der Waals surface area contributed by atoms with Gasteiger partial charge in [0.2, 0.25) is 0 Å². The van der Waals surface area contributed by atoms with E-state index in [1.165, 1.54) is 16.7 Å². The molecule has 4 nitrogen and oxygen atoms in total. The fraction of sp³-hybridized carbons (Fsp3) is 0.294. The number of hydrogen-bond acceptors (Lipinski definition) is 5. The third-order valence-corrected chi connectivity index (χ3v) is 8.98. The number of para-hydroxylation sites is 1. The molecule has 198 valence electrons. The Morgan fingerprint density at radius 3 is 2.46 bits per heavy atom. The molecule has 5 heteroatoms. The number of nitriles is 1. The number of Topliss-reactive ketones (excluding diaryl/α,β-unsaturated/α-hetero) is 1. The zero-order valence-corrected chi connectivity index (χ0v) is 23.8. The van der Waals surface area contributed by atoms with Crippen LogP contribution < -0.4 is 10.6 Å². The number of nitrogens with two attached hydrogens (primary N) is 1. The molecule has 1 aliphatic carbocycles. The highest BCUT2D eigenvalue weighted by Crippen LogP contribution is 2.48. The van der Waals surface area contributed by atoms with Gasteiger partial charge in [-0.3, -0.25) is 9.69 Å². The standard InChI is InChI=1S/C34H35N3OS/c1-4-25-13-8-9-14-29(25)37-30-15-10-16-31(38)33(30)32(28(19-35)34(37)36)27-18-26(22(2)17-23(27)3)21-39-20-24-11-6-5-7-12-24/h5-9,11-14,17-18,32H,4,10,15-16,20-21,36H2,1-3H3. The molecule has 0 aromatic heterocycles. The van der Waals surface area contributed by atoms with Crippen molar-refractivity contribution in [2.75, 3.05) is 4.90 Å². The number of hydrogen-bond donors (Lipinski definition) is 1. The highest BCUT2D eigenvalue weighted by molar-refractivity contribution is 7.97. The lowest BCUT2D eigenvalue weighted by molar-refractivity contribution is -0.116. The van der Waals surface area contributed by atoms with Gasteiger partial charge in [-0.15, -0.1) is 0 Å². The van der Waals surface area contributed by atoms with Crippen molar-refractivity contribution in [3.05, 3.63) is 123 Å². The molecule has 2 N–H and O–H groups in total. The van der Waals surface area contributed by atoms with Crippen molar-refractivity contribution in [1.29, 1.82) is 5.26 Å². The Bertz CT molecular complexity index is 1510. The zero-order chi connectivity index (χ0) is 27.5. The summed E-state index contributed by atoms with van der Waals surface area (Å²) < 4.78 is 0. The molecule has 0 spiro atoms. The van der Waals surface area contributed by atoms with Gasteiger partial charge in [0.1, 0.15) is 5.82 Å². The van der Waals surface area contributed by atoms with E-state index in [-0.39, 0.29) is 5.78 Å². The molecule has 0 saturated carbocycles. The first-order valence-corrected chi connectivity index (χ1v) is 14.9. The molecule has 0 bridgehead atoms. The van der Waals surface area contributed by atoms with Crippen LogP contribution in [-0.4, -0.2) is 5.78 Å². The maximum Gasteiger partial charge on any atom is 0.161 e. The van der Waals surface area contributed by atoms with Crippen LogP contribution in [0.25, 0.3) is 0 Å². The molecular weight excluding hydrogens is 498 g/mol. The number of nitrogens with zero attached hydrogens (tertiary/aromatic N) is 2. The van der Waals surface area contributed by atoms with Crippen LogP contribution in [0, 0.1) is 25.2 Å². The number of anilines is 1. The number of aryl methyl sites for hydroxylation is 3. The second-order valence-corrected chi connectivity index (χ2v) is 11.4. The van der Waals surface area contributed by atoms with Gasteiger partial charge in [-0.2, -0.15) is 17.0 Å². The van der Waals surface area contributed by atoms with E-state index in [1.807, 2.05) is 40.9 Å². The fourth-order valence-electron chi connectivity index (χ4n) is 5.94. The second-order valence-electron chi connectivity index (χ2n) is 10.4. The smallest absolute Gasteiger partial charge is 0.161 e. The van der Waals surface area contributed by atoms with Gasteiger partial charge >= 0.3 is 0 Å². The van der Waals surface area contributed by atoms with Crippen molar-refractivity contribution in [3.63, 3.8) is 0 Å². The van der Waals surface area contributed by atoms with Crippen molar-refractivity contribution in [1.82, 2.24) is 0 Å². The molecular formula is C34H35N3OS. The number of benzene rings is 3. The Morgan fingerprint density at radius 2 is 1.72 bits per heavy atom. The number of carbonyl (C=O) groups excluding carboxylic acids is 1. The van der Waals surface area contributed by atoms with Crippen molar-refractivity contribution in [2.24, 2.45) is 5.73 Å². The first kappa shape index (κ1) is 26.8. The van der Waals surface area contributed by atoms with Gasteiger partial charge in [0, 0.05) is 29.2 Å². The van der Waals surface area contributed by atoms with E-state index in [0.717, 1.165) is 64.4 Å². The lowest BCUT2D eigenvalue weighted by Gasteiger charge is -2.40. The van der Waals surface area contributed by atoms with Crippen LogP contribution in [-0.2, 0) is 22.7 Å². The highest BCUT2D eigenvalue weighted by atomic mass is 32.2. The lowest BCUT2D eigenvalue weighted by Crippen LogP contribution is -2.39. The summed E-state index contributed by atoms with van der Waals surface area (Å²) in [6.07, 6.45) is 2.89. The van der Waals surface area contributed by atoms with Crippen LogP contribution >= 0.6 is 11.8 Å². The molecule has 0 saturated heterocycles. The molecule has 1 heterocycles. The van der Waals surface area contributed by atoms with Crippen LogP contribution in [0.15, 0.2) is 89.4 Å². The Labute approximate surface area is 236 Å². The summed E-state index contributed by atoms with van der Waals surface area (Å²) in [6.45, 7) is 6.34. The molecule has 1 aliphatic heterocycles. The van der Waals surface area contributed by atoms with E-state index in [4.69, 9.17) is 5.73 Å². The Morgan fingerprint density at radius 1 is 0.974 bits per heavy atom. The molecule has 0 amide bonds. The second kappa shape index (κ2) is 11.6. The third-order valence-electron chi connectivity index (χ3n) is 7.93. The van der Waals surface area contributed by atoms with Crippen LogP contribution in [0.2, 0.25) is 0 Å². The van der Waals surface area contributed by atoms with Gasteiger partial charge in [-0.05, 0) is 72.6 Å². The quantitative estimate of drug-likeness (QED) is 0.339. The van der Waals surface area contributed by atoms with Crippen LogP contribution in [0.1, 0.15) is 65.5 Å². The summed E-state index contributed by atoms with van der Waals surface area (Å²) in [7, 11) is 0. The minimum absolute atomic E-state index is 0.125. The summed E-state index contributed by atoms with van der Waals surface area (Å²) in [5.74, 6) is 1.92. The Hall–Kier alpha value is -3.75. The first-order chi connectivity index (χ1) is 18.9. The van der Waals surface area contributed by atoms with Gasteiger partial charge in [0.05, 0.1) is 23.2 Å². The first-order valence-electron chi connectivity index (χ1n) is 13.7. The number of ketones is 1. The third kappa shape index (κ3) is 5.14. The molecule has 3 aromatic rings. The average molecular weight is 534 g/mol. The van der Waals surface area contributed by atoms with Crippen molar-refractivity contribution < 1.29 is 4.79 Å². The Kier molecular flexibility index (Phi) is 7.95. The van der Waals surface area contributed by atoms with Gasteiger partial charge in [0.25, 0.3) is 0 Å². The molecule has 1 unspecified atom stereocenters. The largest absolute Gasteiger partial charge is 0.384 e. The van der Waals surface area contributed by atoms with E-state index < -0.39 is 5.92 Å². The monoisotopic (exact) mass is 533 g/mol. The normalized spacial score (nSPS) is 17.3. The minimum Gasteiger partial charge on any atom is -0.384 e. The molecule has 5 rings (SSSR count). The number of rotatable bonds is 7. The Balaban J connectivity index is 1.60. The summed E-state index contributed by atoms with van der Waals surface area (Å²) >= 11 is 1.88. The molecule has 2 aliphatic rings. The predicted octanol–water partition coefficient (Wildman–Crippen LogP) is 7.60. The summed E-state index contributed by atoms with van der Waals surface area (Å²) in [5.41, 5.74) is 17.0.